The molecule has 0 radical (unpaired) electrons. The van der Waals surface area contributed by atoms with E-state index in [4.69, 9.17) is 74.9 Å². The van der Waals surface area contributed by atoms with Crippen molar-refractivity contribution in [3.8, 4) is 0 Å². The third kappa shape index (κ3) is 24.6. The molecule has 4 aliphatic heterocycles. The van der Waals surface area contributed by atoms with Crippen molar-refractivity contribution < 1.29 is 84.0 Å². The van der Waals surface area contributed by atoms with Gasteiger partial charge in [0.05, 0.1) is 91.5 Å². The van der Waals surface area contributed by atoms with Gasteiger partial charge in [-0.15, -0.1) is 0 Å². The van der Waals surface area contributed by atoms with Crippen LogP contribution in [0.3, 0.4) is 0 Å². The third-order valence-corrected chi connectivity index (χ3v) is 23.8. The van der Waals surface area contributed by atoms with Crippen LogP contribution in [0.15, 0.2) is 266 Å². The quantitative estimate of drug-likeness (QED) is 0.0455. The van der Waals surface area contributed by atoms with Crippen LogP contribution in [0.2, 0.25) is 0 Å². The van der Waals surface area contributed by atoms with Crippen LogP contribution in [0.1, 0.15) is 120 Å². The highest BCUT2D eigenvalue weighted by Crippen LogP contribution is 2.58. The summed E-state index contributed by atoms with van der Waals surface area (Å²) in [7, 11) is -8.27. The molecule has 0 bridgehead atoms. The Kier molecular flexibility index (Phi) is 31.0. The van der Waals surface area contributed by atoms with Crippen LogP contribution >= 0.6 is 27.4 Å². The summed E-state index contributed by atoms with van der Waals surface area (Å²) in [5.74, 6) is 0. The molecule has 109 heavy (non-hydrogen) atoms. The number of hydrogen-bond acceptors (Lipinski definition) is 19. The molecule has 9 aromatic carbocycles. The number of aliphatic hydroxyl groups excluding tert-OH is 1. The Bertz CT molecular complexity index is 4110. The molecule has 0 amide bonds. The van der Waals surface area contributed by atoms with E-state index in [0.717, 1.165) is 105 Å². The minimum Gasteiger partial charge on any atom is -0.393 e. The summed E-state index contributed by atoms with van der Waals surface area (Å²) in [5, 5.41) is 8.91. The zero-order valence-corrected chi connectivity index (χ0v) is 64.1. The van der Waals surface area contributed by atoms with Gasteiger partial charge in [0.2, 0.25) is 0 Å². The van der Waals surface area contributed by atoms with Gasteiger partial charge in [-0.25, -0.2) is 9.13 Å². The number of thioether (sulfide) groups is 1. The van der Waals surface area contributed by atoms with Crippen LogP contribution in [-0.4, -0.2) is 91.1 Å². The SMILES string of the molecule is O=P1(OC2C(OC3CCCCC3)OC(COCc3ccccc3)C(OCc3ccccc3)C2OCc2ccccc2)OCc2ccccc2CO1.O=P1(OC2C(Sc3ccccc3)OC(COCc3ccccc3)C(OCc3ccccc3)C2OCc2ccccc2)OCc2ccccc2CO1.OC1CCCCC1. The van der Waals surface area contributed by atoms with E-state index in [1.165, 1.54) is 31.0 Å². The molecular weight excluding hydrogens is 1440 g/mol. The normalized spacial score (nSPS) is 24.1. The van der Waals surface area contributed by atoms with Gasteiger partial charge in [-0.1, -0.05) is 299 Å². The summed E-state index contributed by atoms with van der Waals surface area (Å²) in [4.78, 5) is 0.943. The standard InChI is InChI=1S/C41H47O9P.C41H41O8PS.C6H12O/c42-51(46-28-34-21-13-14-22-35(34)29-47-51)50-40-39(45-27-33-19-9-3-10-20-33)38(44-26-32-17-7-2-8-18-32)37(30-43-25-31-15-5-1-6-16-31)49-41(40)48-36-23-11-4-12-24-36;42-50(46-28-34-21-13-14-22-35(34)29-47-50)49-40-39(45-27-33-19-9-3-10-20-33)38(44-26-32-17-7-2-8-18-32)37(30-43-25-31-15-5-1-6-16-31)48-41(40)51-36-23-11-4-12-24-36;7-6-4-2-1-3-5-6/h1-3,5-10,13-22,36-41H,4,11-12,23-30H2;1-24,37-41H,25-30H2;6-7H,1-5H2. The van der Waals surface area contributed by atoms with Crippen LogP contribution in [0.4, 0.5) is 0 Å². The molecule has 0 spiro atoms. The summed E-state index contributed by atoms with van der Waals surface area (Å²) < 4.78 is 126. The van der Waals surface area contributed by atoms with E-state index in [2.05, 4.69) is 0 Å². The Morgan fingerprint density at radius 3 is 1.02 bits per heavy atom. The number of ether oxygens (including phenoxy) is 9. The fourth-order valence-electron chi connectivity index (χ4n) is 13.9. The first-order valence-electron chi connectivity index (χ1n) is 38.1. The lowest BCUT2D eigenvalue weighted by atomic mass is 9.96. The summed E-state index contributed by atoms with van der Waals surface area (Å²) >= 11 is 1.46. The second kappa shape index (κ2) is 42.1. The van der Waals surface area contributed by atoms with Crippen molar-refractivity contribution in [3.05, 3.63) is 316 Å². The van der Waals surface area contributed by atoms with E-state index in [1.807, 2.05) is 261 Å². The number of fused-ring (bicyclic) bond motifs is 2. The lowest BCUT2D eigenvalue weighted by Crippen LogP contribution is -2.62. The Labute approximate surface area is 645 Å². The molecule has 10 atom stereocenters. The first-order chi connectivity index (χ1) is 53.6. The second-order valence-electron chi connectivity index (χ2n) is 27.9. The number of benzene rings is 9. The monoisotopic (exact) mass is 1540 g/mol. The lowest BCUT2D eigenvalue weighted by molar-refractivity contribution is -0.325. The van der Waals surface area contributed by atoms with Gasteiger partial charge in [0.15, 0.2) is 6.29 Å². The van der Waals surface area contributed by atoms with Crippen molar-refractivity contribution >= 4 is 27.4 Å². The van der Waals surface area contributed by atoms with Crippen molar-refractivity contribution in [1.82, 2.24) is 0 Å². The van der Waals surface area contributed by atoms with E-state index >= 15 is 0 Å². The molecular formula is C88H100O18P2S. The Morgan fingerprint density at radius 2 is 0.651 bits per heavy atom. The smallest absolute Gasteiger partial charge is 0.393 e. The van der Waals surface area contributed by atoms with E-state index in [-0.39, 0.29) is 71.7 Å². The van der Waals surface area contributed by atoms with Crippen LogP contribution in [0.5, 0.6) is 0 Å². The summed E-state index contributed by atoms with van der Waals surface area (Å²) in [6, 6.07) is 85.0. The Balaban J connectivity index is 0.000000176. The summed E-state index contributed by atoms with van der Waals surface area (Å²) in [5.41, 5.74) is 8.89. The molecule has 4 fully saturated rings. The van der Waals surface area contributed by atoms with Gasteiger partial charge in [0.1, 0.15) is 54.3 Å². The molecule has 6 aliphatic rings. The largest absolute Gasteiger partial charge is 0.475 e. The van der Waals surface area contributed by atoms with Gasteiger partial charge < -0.3 is 47.7 Å². The molecule has 2 aliphatic carbocycles. The molecule has 1 N–H and O–H groups in total. The fraction of sp³-hybridized carbons (Fsp3) is 0.386. The van der Waals surface area contributed by atoms with Crippen molar-refractivity contribution in [2.75, 3.05) is 13.2 Å². The summed E-state index contributed by atoms with van der Waals surface area (Å²) in [6.07, 6.45) is 3.91. The van der Waals surface area contributed by atoms with Crippen molar-refractivity contribution in [1.29, 1.82) is 0 Å². The topological polar surface area (TPSA) is 193 Å². The summed E-state index contributed by atoms with van der Waals surface area (Å²) in [6.45, 7) is 2.62. The minimum atomic E-state index is -4.14. The lowest BCUT2D eigenvalue weighted by Gasteiger charge is -2.47. The van der Waals surface area contributed by atoms with Gasteiger partial charge in [-0.2, -0.15) is 0 Å². The van der Waals surface area contributed by atoms with Gasteiger partial charge >= 0.3 is 15.6 Å². The first-order valence-corrected chi connectivity index (χ1v) is 41.9. The highest BCUT2D eigenvalue weighted by molar-refractivity contribution is 7.99. The Morgan fingerprint density at radius 1 is 0.339 bits per heavy atom. The molecule has 2 saturated carbocycles. The van der Waals surface area contributed by atoms with Crippen molar-refractivity contribution in [3.63, 3.8) is 0 Å². The van der Waals surface area contributed by atoms with Gasteiger partial charge in [0, 0.05) is 4.90 Å². The van der Waals surface area contributed by atoms with Crippen LogP contribution < -0.4 is 0 Å². The molecule has 10 unspecified atom stereocenters. The minimum absolute atomic E-state index is 0.0359. The second-order valence-corrected chi connectivity index (χ2v) is 32.3. The fourth-order valence-corrected chi connectivity index (χ4v) is 17.7. The number of hydrogen-bond donors (Lipinski definition) is 1. The van der Waals surface area contributed by atoms with Crippen LogP contribution in [0.25, 0.3) is 0 Å². The van der Waals surface area contributed by atoms with E-state index in [1.54, 1.807) is 0 Å². The van der Waals surface area contributed by atoms with E-state index < -0.39 is 76.2 Å². The average molecular weight is 1540 g/mol. The zero-order valence-electron chi connectivity index (χ0n) is 61.5. The maximum atomic E-state index is 14.5. The molecule has 9 aromatic rings. The van der Waals surface area contributed by atoms with Gasteiger partial charge in [-0.05, 0) is 93.5 Å². The van der Waals surface area contributed by atoms with E-state index in [9.17, 15) is 9.13 Å². The number of phosphoric ester groups is 2. The van der Waals surface area contributed by atoms with Crippen LogP contribution in [-0.2, 0) is 145 Å². The van der Waals surface area contributed by atoms with Gasteiger partial charge in [0.25, 0.3) is 0 Å². The third-order valence-electron chi connectivity index (χ3n) is 19.8. The number of phosphoric acid groups is 2. The maximum Gasteiger partial charge on any atom is 0.475 e. The highest BCUT2D eigenvalue weighted by Gasteiger charge is 2.55. The molecule has 576 valence electrons. The Hall–Kier alpha value is -6.85. The molecule has 0 aromatic heterocycles. The molecule has 15 rings (SSSR count). The molecule has 21 heteroatoms. The number of aliphatic hydroxyl groups is 1. The molecule has 18 nitrogen and oxygen atoms in total. The zero-order chi connectivity index (χ0) is 74.6. The molecule has 4 heterocycles. The van der Waals surface area contributed by atoms with Gasteiger partial charge in [-0.3, -0.25) is 27.1 Å². The molecule has 2 saturated heterocycles. The van der Waals surface area contributed by atoms with E-state index in [0.29, 0.717) is 19.8 Å². The van der Waals surface area contributed by atoms with Crippen LogP contribution in [0, 0.1) is 0 Å². The predicted molar refractivity (Wildman–Crippen MR) is 416 cm³/mol. The first kappa shape index (κ1) is 80.2. The highest BCUT2D eigenvalue weighted by atomic mass is 32.2. The van der Waals surface area contributed by atoms with Crippen molar-refractivity contribution in [2.24, 2.45) is 0 Å². The maximum absolute atomic E-state index is 14.5. The average Bonchev–Trinajstić information content (AvgIpc) is 1.37. The number of rotatable bonds is 28. The van der Waals surface area contributed by atoms with Crippen molar-refractivity contribution in [2.45, 2.75) is 208 Å². The predicted octanol–water partition coefficient (Wildman–Crippen LogP) is 19.1.